The molecule has 0 saturated heterocycles. The van der Waals surface area contributed by atoms with Crippen LogP contribution >= 0.6 is 39.5 Å². The third-order valence-corrected chi connectivity index (χ3v) is 7.67. The third-order valence-electron chi connectivity index (χ3n) is 2.20. The van der Waals surface area contributed by atoms with Crippen LogP contribution in [0.4, 0.5) is 0 Å². The van der Waals surface area contributed by atoms with Crippen LogP contribution in [0.25, 0.3) is 0 Å². The number of hydrogen-bond acceptors (Lipinski definition) is 0. The Labute approximate surface area is 108 Å². The van der Waals surface area contributed by atoms with Crippen molar-refractivity contribution in [2.45, 2.75) is 24.0 Å². The quantitative estimate of drug-likeness (QED) is 0.569. The summed E-state index contributed by atoms with van der Waals surface area (Å²) in [6.07, 6.45) is 0. The third kappa shape index (κ3) is 4.48. The Balaban J connectivity index is 2.86. The van der Waals surface area contributed by atoms with Crippen molar-refractivity contribution in [3.63, 3.8) is 0 Å². The first-order valence-corrected chi connectivity index (χ1v) is 17.1. The summed E-state index contributed by atoms with van der Waals surface area (Å²) < 4.78 is 1.15. The van der Waals surface area contributed by atoms with E-state index < -0.39 is 10.3 Å². The van der Waals surface area contributed by atoms with Crippen LogP contribution in [0.2, 0.25) is 4.73 Å². The molecule has 0 fully saturated rings. The van der Waals surface area contributed by atoms with Crippen molar-refractivity contribution in [1.29, 1.82) is 0 Å². The Morgan fingerprint density at radius 2 is 1.57 bits per heavy atom. The van der Waals surface area contributed by atoms with Gasteiger partial charge in [-0.1, -0.05) is 0 Å². The van der Waals surface area contributed by atoms with Crippen LogP contribution < -0.4 is 0 Å². The Bertz CT molecular complexity index is 290. The van der Waals surface area contributed by atoms with Crippen molar-refractivity contribution in [3.8, 4) is 0 Å². The van der Waals surface area contributed by atoms with Gasteiger partial charge in [0.1, 0.15) is 0 Å². The molecule has 0 N–H and O–H groups in total. The Hall–Kier alpha value is 1.37. The summed E-state index contributed by atoms with van der Waals surface area (Å²) >= 11 is 11.2. The first-order valence-electron chi connectivity index (χ1n) is 4.43. The van der Waals surface area contributed by atoms with Gasteiger partial charge in [-0.15, -0.1) is 0 Å². The second-order valence-electron chi connectivity index (χ2n) is 4.04. The normalized spacial score (nSPS) is 12.9. The molecule has 0 aliphatic rings. The molecule has 0 spiro atoms. The van der Waals surface area contributed by atoms with Crippen LogP contribution in [0.1, 0.15) is 19.4 Å². The van der Waals surface area contributed by atoms with Gasteiger partial charge in [-0.3, -0.25) is 0 Å². The van der Waals surface area contributed by atoms with Gasteiger partial charge >= 0.3 is 110 Å². The minimum absolute atomic E-state index is 0.220. The molecule has 0 atom stereocenters. The SMILES string of the molecule is CC(C)([CH2][Ti]([Br])([Br])[Br])c1ccccc1. The van der Waals surface area contributed by atoms with E-state index in [1.165, 1.54) is 5.56 Å². The zero-order valence-corrected chi connectivity index (χ0v) is 14.5. The molecule has 1 aromatic rings. The van der Waals surface area contributed by atoms with Gasteiger partial charge in [0.2, 0.25) is 0 Å². The van der Waals surface area contributed by atoms with Gasteiger partial charge in [0.25, 0.3) is 0 Å². The zero-order valence-electron chi connectivity index (χ0n) is 8.23. The van der Waals surface area contributed by atoms with Gasteiger partial charge in [-0.05, 0) is 0 Å². The van der Waals surface area contributed by atoms with Crippen LogP contribution in [0.15, 0.2) is 30.3 Å². The van der Waals surface area contributed by atoms with Crippen molar-refractivity contribution >= 4 is 39.5 Å². The minimum atomic E-state index is -2.02. The molecule has 0 radical (unpaired) electrons. The molecule has 0 aromatic heterocycles. The molecular formula is C10H13Br3Ti. The molecule has 1 rings (SSSR count). The Morgan fingerprint density at radius 1 is 1.07 bits per heavy atom. The zero-order chi connectivity index (χ0) is 10.8. The number of halogens is 3. The summed E-state index contributed by atoms with van der Waals surface area (Å²) in [4.78, 5) is 0. The number of benzene rings is 1. The van der Waals surface area contributed by atoms with Crippen molar-refractivity contribution < 1.29 is 10.3 Å². The molecule has 0 bridgehead atoms. The van der Waals surface area contributed by atoms with Crippen LogP contribution in [-0.4, -0.2) is 0 Å². The number of rotatable bonds is 3. The predicted octanol–water partition coefficient (Wildman–Crippen LogP) is 5.47. The van der Waals surface area contributed by atoms with E-state index in [-0.39, 0.29) is 5.41 Å². The van der Waals surface area contributed by atoms with Gasteiger partial charge in [-0.25, -0.2) is 0 Å². The van der Waals surface area contributed by atoms with E-state index in [1.807, 2.05) is 0 Å². The fourth-order valence-corrected chi connectivity index (χ4v) is 12.0. The molecule has 0 nitrogen and oxygen atoms in total. The summed E-state index contributed by atoms with van der Waals surface area (Å²) in [6, 6.07) is 10.7. The molecule has 0 unspecified atom stereocenters. The van der Waals surface area contributed by atoms with Crippen molar-refractivity contribution in [3.05, 3.63) is 35.9 Å². The topological polar surface area (TPSA) is 0 Å². The second-order valence-corrected chi connectivity index (χ2v) is 36.4. The van der Waals surface area contributed by atoms with E-state index >= 15 is 0 Å². The second kappa shape index (κ2) is 5.14. The fourth-order valence-electron chi connectivity index (χ4n) is 1.49. The summed E-state index contributed by atoms with van der Waals surface area (Å²) in [7, 11) is -2.02. The predicted molar refractivity (Wildman–Crippen MR) is 71.1 cm³/mol. The molecule has 14 heavy (non-hydrogen) atoms. The first-order chi connectivity index (χ1) is 6.31. The van der Waals surface area contributed by atoms with Crippen LogP contribution in [-0.2, 0) is 15.7 Å². The molecule has 1 aromatic carbocycles. The Morgan fingerprint density at radius 3 is 2.00 bits per heavy atom. The average molecular weight is 421 g/mol. The van der Waals surface area contributed by atoms with Gasteiger partial charge in [0, 0.05) is 0 Å². The maximum absolute atomic E-state index is 3.73. The molecule has 4 heteroatoms. The average Bonchev–Trinajstić information content (AvgIpc) is 2.01. The summed E-state index contributed by atoms with van der Waals surface area (Å²) in [5.41, 5.74) is 1.62. The van der Waals surface area contributed by atoms with E-state index in [0.29, 0.717) is 0 Å². The Kier molecular flexibility index (Phi) is 4.93. The van der Waals surface area contributed by atoms with E-state index in [2.05, 4.69) is 83.7 Å². The molecule has 0 saturated carbocycles. The van der Waals surface area contributed by atoms with Crippen molar-refractivity contribution in [2.75, 3.05) is 0 Å². The van der Waals surface area contributed by atoms with E-state index in [1.54, 1.807) is 0 Å². The van der Waals surface area contributed by atoms with E-state index in [4.69, 9.17) is 0 Å². The molecule has 78 valence electrons. The standard InChI is InChI=1S/C10H13.3BrH.Ti/c1-10(2,3)9-7-5-4-6-8-9;;;;/h4-8H,1H2,2-3H3;3*1H;/q;;;;+3/p-3. The first kappa shape index (κ1) is 13.4. The van der Waals surface area contributed by atoms with E-state index in [0.717, 1.165) is 4.73 Å². The van der Waals surface area contributed by atoms with Gasteiger partial charge in [0.15, 0.2) is 0 Å². The van der Waals surface area contributed by atoms with Crippen molar-refractivity contribution in [1.82, 2.24) is 0 Å². The molecule has 0 amide bonds. The molecule has 0 aliphatic carbocycles. The van der Waals surface area contributed by atoms with Gasteiger partial charge in [0.05, 0.1) is 0 Å². The maximum atomic E-state index is 3.73. The fraction of sp³-hybridized carbons (Fsp3) is 0.400. The van der Waals surface area contributed by atoms with E-state index in [9.17, 15) is 0 Å². The van der Waals surface area contributed by atoms with Crippen LogP contribution in [0.3, 0.4) is 0 Å². The van der Waals surface area contributed by atoms with Crippen molar-refractivity contribution in [2.24, 2.45) is 0 Å². The van der Waals surface area contributed by atoms with Gasteiger partial charge in [-0.2, -0.15) is 0 Å². The van der Waals surface area contributed by atoms with Gasteiger partial charge < -0.3 is 0 Å². The molecule has 0 heterocycles. The summed E-state index contributed by atoms with van der Waals surface area (Å²) in [5, 5.41) is 0. The monoisotopic (exact) mass is 418 g/mol. The number of hydrogen-bond donors (Lipinski definition) is 0. The van der Waals surface area contributed by atoms with Crippen LogP contribution in [0, 0.1) is 0 Å². The molecular weight excluding hydrogens is 408 g/mol. The summed E-state index contributed by atoms with van der Waals surface area (Å²) in [6.45, 7) is 4.57. The van der Waals surface area contributed by atoms with Crippen LogP contribution in [0.5, 0.6) is 0 Å². The molecule has 0 aliphatic heterocycles. The summed E-state index contributed by atoms with van der Waals surface area (Å²) in [5.74, 6) is 0.